The molecule has 1 aliphatic rings. The van der Waals surface area contributed by atoms with Crippen LogP contribution in [0.1, 0.15) is 12.0 Å². The average Bonchev–Trinajstić information content (AvgIpc) is 3.11. The van der Waals surface area contributed by atoms with E-state index in [2.05, 4.69) is 16.0 Å². The molecule has 5 nitrogen and oxygen atoms in total. The highest BCUT2D eigenvalue weighted by Gasteiger charge is 2.22. The van der Waals surface area contributed by atoms with E-state index in [1.807, 2.05) is 35.2 Å². The van der Waals surface area contributed by atoms with Gasteiger partial charge in [-0.1, -0.05) is 23.5 Å². The highest BCUT2D eigenvalue weighted by Crippen LogP contribution is 2.29. The van der Waals surface area contributed by atoms with E-state index in [0.29, 0.717) is 6.42 Å². The van der Waals surface area contributed by atoms with Gasteiger partial charge in [0.25, 0.3) is 0 Å². The Hall–Kier alpha value is -2.47. The van der Waals surface area contributed by atoms with E-state index in [1.54, 1.807) is 23.7 Å². The van der Waals surface area contributed by atoms with Crippen LogP contribution in [0.25, 0.3) is 10.2 Å². The third kappa shape index (κ3) is 3.64. The van der Waals surface area contributed by atoms with Crippen molar-refractivity contribution in [2.24, 2.45) is 0 Å². The van der Waals surface area contributed by atoms with E-state index in [1.165, 1.54) is 4.70 Å². The van der Waals surface area contributed by atoms with Gasteiger partial charge in [0.15, 0.2) is 5.13 Å². The number of piperazine rings is 1. The summed E-state index contributed by atoms with van der Waals surface area (Å²) in [5.74, 6) is 0.237. The van der Waals surface area contributed by atoms with Crippen molar-refractivity contribution in [1.29, 1.82) is 0 Å². The van der Waals surface area contributed by atoms with Crippen LogP contribution in [-0.4, -0.2) is 47.0 Å². The van der Waals surface area contributed by atoms with Crippen molar-refractivity contribution in [2.45, 2.75) is 12.8 Å². The van der Waals surface area contributed by atoms with Crippen LogP contribution in [0.2, 0.25) is 0 Å². The lowest BCUT2D eigenvalue weighted by atomic mass is 10.1. The fourth-order valence-electron chi connectivity index (χ4n) is 3.10. The minimum atomic E-state index is 0.237. The minimum Gasteiger partial charge on any atom is -0.345 e. The second-order valence-electron chi connectivity index (χ2n) is 6.19. The molecule has 3 heterocycles. The Morgan fingerprint density at radius 2 is 1.80 bits per heavy atom. The van der Waals surface area contributed by atoms with Gasteiger partial charge in [-0.15, -0.1) is 0 Å². The van der Waals surface area contributed by atoms with Gasteiger partial charge in [0.1, 0.15) is 0 Å². The zero-order chi connectivity index (χ0) is 17.1. The summed E-state index contributed by atoms with van der Waals surface area (Å²) in [5, 5.41) is 1.06. The van der Waals surface area contributed by atoms with Crippen molar-refractivity contribution in [3.63, 3.8) is 0 Å². The Kier molecular flexibility index (Phi) is 4.61. The van der Waals surface area contributed by atoms with Crippen molar-refractivity contribution < 1.29 is 4.79 Å². The highest BCUT2D eigenvalue weighted by atomic mass is 32.1. The van der Waals surface area contributed by atoms with Crippen molar-refractivity contribution >= 4 is 32.6 Å². The van der Waals surface area contributed by atoms with E-state index in [4.69, 9.17) is 4.98 Å². The summed E-state index contributed by atoms with van der Waals surface area (Å²) < 4.78 is 1.22. The Balaban J connectivity index is 1.32. The monoisotopic (exact) mass is 352 g/mol. The van der Waals surface area contributed by atoms with E-state index < -0.39 is 0 Å². The number of hydrogen-bond acceptors (Lipinski definition) is 5. The number of fused-ring (bicyclic) bond motifs is 1. The molecule has 6 heteroatoms. The number of benzene rings is 1. The quantitative estimate of drug-likeness (QED) is 0.724. The van der Waals surface area contributed by atoms with Crippen LogP contribution in [0.3, 0.4) is 0 Å². The third-order valence-corrected chi connectivity index (χ3v) is 5.66. The largest absolute Gasteiger partial charge is 0.345 e. The standard InChI is InChI=1S/C19H20N4OS/c24-18(6-5-15-7-9-20-10-8-15)22-11-13-23(14-12-22)19-21-16-3-1-2-4-17(16)25-19/h1-4,7-10H,5-6,11-14H2. The summed E-state index contributed by atoms with van der Waals surface area (Å²) in [6.07, 6.45) is 4.89. The number of aryl methyl sites for hydroxylation is 1. The lowest BCUT2D eigenvalue weighted by Crippen LogP contribution is -2.48. The summed E-state index contributed by atoms with van der Waals surface area (Å²) in [4.78, 5) is 25.4. The molecular weight excluding hydrogens is 332 g/mol. The van der Waals surface area contributed by atoms with E-state index in [-0.39, 0.29) is 5.91 Å². The molecule has 0 bridgehead atoms. The zero-order valence-electron chi connectivity index (χ0n) is 14.0. The van der Waals surface area contributed by atoms with Crippen LogP contribution >= 0.6 is 11.3 Å². The summed E-state index contributed by atoms with van der Waals surface area (Å²) in [6.45, 7) is 3.23. The van der Waals surface area contributed by atoms with Crippen LogP contribution in [0, 0.1) is 0 Å². The number of amides is 1. The van der Waals surface area contributed by atoms with Gasteiger partial charge in [-0.05, 0) is 36.2 Å². The molecular formula is C19H20N4OS. The number of pyridine rings is 1. The molecule has 1 aromatic carbocycles. The number of nitrogens with zero attached hydrogens (tertiary/aromatic N) is 4. The van der Waals surface area contributed by atoms with Crippen LogP contribution in [0.4, 0.5) is 5.13 Å². The predicted molar refractivity (Wildman–Crippen MR) is 101 cm³/mol. The maximum Gasteiger partial charge on any atom is 0.223 e. The van der Waals surface area contributed by atoms with Gasteiger partial charge in [0.05, 0.1) is 10.2 Å². The Labute approximate surface area is 150 Å². The molecule has 0 radical (unpaired) electrons. The normalized spacial score (nSPS) is 14.9. The number of carbonyl (C=O) groups excluding carboxylic acids is 1. The SMILES string of the molecule is O=C(CCc1ccncc1)N1CCN(c2nc3ccccc3s2)CC1. The van der Waals surface area contributed by atoms with Gasteiger partial charge in [-0.2, -0.15) is 0 Å². The number of carbonyl (C=O) groups is 1. The number of hydrogen-bond donors (Lipinski definition) is 0. The summed E-state index contributed by atoms with van der Waals surface area (Å²) in [5.41, 5.74) is 2.22. The van der Waals surface area contributed by atoms with E-state index >= 15 is 0 Å². The van der Waals surface area contributed by atoms with Gasteiger partial charge >= 0.3 is 0 Å². The predicted octanol–water partition coefficient (Wildman–Crippen LogP) is 2.97. The smallest absolute Gasteiger partial charge is 0.223 e. The first-order chi connectivity index (χ1) is 12.3. The van der Waals surface area contributed by atoms with Crippen molar-refractivity contribution in [1.82, 2.24) is 14.9 Å². The third-order valence-electron chi connectivity index (χ3n) is 4.56. The van der Waals surface area contributed by atoms with Crippen molar-refractivity contribution in [3.8, 4) is 0 Å². The van der Waals surface area contributed by atoms with Crippen LogP contribution in [0.5, 0.6) is 0 Å². The van der Waals surface area contributed by atoms with Gasteiger partial charge < -0.3 is 9.80 Å². The molecule has 1 amide bonds. The molecule has 0 aliphatic carbocycles. The van der Waals surface area contributed by atoms with Gasteiger partial charge in [0, 0.05) is 45.0 Å². The molecule has 25 heavy (non-hydrogen) atoms. The molecule has 128 valence electrons. The molecule has 0 atom stereocenters. The number of rotatable bonds is 4. The average molecular weight is 352 g/mol. The summed E-state index contributed by atoms with van der Waals surface area (Å²) >= 11 is 1.73. The Morgan fingerprint density at radius 1 is 1.04 bits per heavy atom. The number of thiazole rings is 1. The Bertz CT molecular complexity index is 823. The molecule has 2 aromatic heterocycles. The molecule has 0 saturated carbocycles. The first kappa shape index (κ1) is 16.0. The molecule has 0 N–H and O–H groups in total. The summed E-state index contributed by atoms with van der Waals surface area (Å²) in [7, 11) is 0. The first-order valence-corrected chi connectivity index (χ1v) is 9.38. The lowest BCUT2D eigenvalue weighted by molar-refractivity contribution is -0.131. The molecule has 0 spiro atoms. The summed E-state index contributed by atoms with van der Waals surface area (Å²) in [6, 6.07) is 12.2. The molecule has 1 fully saturated rings. The lowest BCUT2D eigenvalue weighted by Gasteiger charge is -2.34. The number of para-hydroxylation sites is 1. The molecule has 3 aromatic rings. The van der Waals surface area contributed by atoms with E-state index in [9.17, 15) is 4.79 Å². The zero-order valence-corrected chi connectivity index (χ0v) is 14.8. The minimum absolute atomic E-state index is 0.237. The van der Waals surface area contributed by atoms with Crippen molar-refractivity contribution in [2.75, 3.05) is 31.1 Å². The molecule has 1 saturated heterocycles. The number of anilines is 1. The molecule has 4 rings (SSSR count). The Morgan fingerprint density at radius 3 is 2.56 bits per heavy atom. The van der Waals surface area contributed by atoms with Crippen LogP contribution < -0.4 is 4.90 Å². The topological polar surface area (TPSA) is 49.3 Å². The van der Waals surface area contributed by atoms with Gasteiger partial charge in [-0.3, -0.25) is 9.78 Å². The first-order valence-electron chi connectivity index (χ1n) is 8.57. The fourth-order valence-corrected chi connectivity index (χ4v) is 4.12. The fraction of sp³-hybridized carbons (Fsp3) is 0.316. The number of aromatic nitrogens is 2. The highest BCUT2D eigenvalue weighted by molar-refractivity contribution is 7.22. The van der Waals surface area contributed by atoms with Crippen LogP contribution in [0.15, 0.2) is 48.8 Å². The van der Waals surface area contributed by atoms with E-state index in [0.717, 1.165) is 48.8 Å². The maximum absolute atomic E-state index is 12.4. The van der Waals surface area contributed by atoms with Crippen molar-refractivity contribution in [3.05, 3.63) is 54.4 Å². The second kappa shape index (κ2) is 7.19. The molecule has 0 unspecified atom stereocenters. The van der Waals surface area contributed by atoms with Gasteiger partial charge in [-0.25, -0.2) is 4.98 Å². The molecule has 1 aliphatic heterocycles. The van der Waals surface area contributed by atoms with Crippen LogP contribution in [-0.2, 0) is 11.2 Å². The van der Waals surface area contributed by atoms with Gasteiger partial charge in [0.2, 0.25) is 5.91 Å². The maximum atomic E-state index is 12.4. The second-order valence-corrected chi connectivity index (χ2v) is 7.20.